The predicted octanol–water partition coefficient (Wildman–Crippen LogP) is 3.88. The van der Waals surface area contributed by atoms with E-state index in [1.54, 1.807) is 17.5 Å². The minimum absolute atomic E-state index is 0.0452. The number of thiazole rings is 1. The van der Waals surface area contributed by atoms with Gasteiger partial charge in [0, 0.05) is 29.5 Å². The molecule has 0 spiro atoms. The molecule has 1 fully saturated rings. The first-order valence-electron chi connectivity index (χ1n) is 9.06. The van der Waals surface area contributed by atoms with Crippen molar-refractivity contribution in [3.63, 3.8) is 0 Å². The minimum atomic E-state index is -0.0452. The lowest BCUT2D eigenvalue weighted by molar-refractivity contribution is -0.00294. The molecule has 0 saturated heterocycles. The molecule has 2 aromatic heterocycles. The molecule has 2 aromatic rings. The van der Waals surface area contributed by atoms with Crippen molar-refractivity contribution in [2.45, 2.75) is 52.6 Å². The topological polar surface area (TPSA) is 56.1 Å². The molecule has 3 rings (SSSR count). The molecule has 5 nitrogen and oxygen atoms in total. The van der Waals surface area contributed by atoms with Gasteiger partial charge < -0.3 is 10.1 Å². The Morgan fingerprint density at radius 2 is 2.20 bits per heavy atom. The zero-order valence-corrected chi connectivity index (χ0v) is 16.1. The van der Waals surface area contributed by atoms with Crippen LogP contribution in [0.3, 0.4) is 0 Å². The molecule has 1 saturated carbocycles. The Morgan fingerprint density at radius 3 is 2.92 bits per heavy atom. The van der Waals surface area contributed by atoms with Crippen molar-refractivity contribution in [1.82, 2.24) is 14.9 Å². The Balaban J connectivity index is 1.54. The number of carbonyl (C=O) groups is 1. The minimum Gasteiger partial charge on any atom is -0.376 e. The van der Waals surface area contributed by atoms with E-state index in [4.69, 9.17) is 4.74 Å². The number of hydrogen-bond donors (Lipinski definition) is 1. The zero-order chi connectivity index (χ0) is 17.8. The van der Waals surface area contributed by atoms with Crippen LogP contribution in [-0.2, 0) is 4.74 Å². The molecule has 0 aromatic carbocycles. The van der Waals surface area contributed by atoms with E-state index in [0.717, 1.165) is 22.9 Å². The molecule has 2 atom stereocenters. The largest absolute Gasteiger partial charge is 0.376 e. The van der Waals surface area contributed by atoms with Crippen molar-refractivity contribution in [2.24, 2.45) is 5.92 Å². The third-order valence-corrected chi connectivity index (χ3v) is 5.80. The van der Waals surface area contributed by atoms with Gasteiger partial charge >= 0.3 is 0 Å². The van der Waals surface area contributed by atoms with E-state index in [2.05, 4.69) is 17.2 Å². The van der Waals surface area contributed by atoms with Crippen molar-refractivity contribution in [2.75, 3.05) is 13.2 Å². The number of nitrogens with zero attached hydrogens (tertiary/aromatic N) is 2. The molecule has 0 aliphatic heterocycles. The van der Waals surface area contributed by atoms with Crippen molar-refractivity contribution < 1.29 is 9.53 Å². The highest BCUT2D eigenvalue weighted by Gasteiger charge is 2.22. The van der Waals surface area contributed by atoms with Gasteiger partial charge in [0.15, 0.2) is 5.13 Å². The van der Waals surface area contributed by atoms with E-state index in [0.29, 0.717) is 30.7 Å². The summed E-state index contributed by atoms with van der Waals surface area (Å²) in [6.45, 7) is 7.34. The van der Waals surface area contributed by atoms with Gasteiger partial charge in [-0.2, -0.15) is 0 Å². The molecule has 1 amide bonds. The number of rotatable bonds is 6. The van der Waals surface area contributed by atoms with Crippen LogP contribution >= 0.6 is 11.3 Å². The molecule has 136 valence electrons. The normalized spacial score (nSPS) is 20.6. The third-order valence-electron chi connectivity index (χ3n) is 5.04. The predicted molar refractivity (Wildman–Crippen MR) is 101 cm³/mol. The first-order chi connectivity index (χ1) is 12.1. The first-order valence-corrected chi connectivity index (χ1v) is 9.94. The van der Waals surface area contributed by atoms with Crippen molar-refractivity contribution in [3.8, 4) is 5.13 Å². The van der Waals surface area contributed by atoms with Gasteiger partial charge in [-0.3, -0.25) is 9.36 Å². The second-order valence-corrected chi connectivity index (χ2v) is 7.73. The van der Waals surface area contributed by atoms with Crippen molar-refractivity contribution >= 4 is 17.2 Å². The molecule has 1 aliphatic rings. The number of aromatic nitrogens is 2. The lowest BCUT2D eigenvalue weighted by Crippen LogP contribution is -2.32. The van der Waals surface area contributed by atoms with E-state index in [-0.39, 0.29) is 5.91 Å². The summed E-state index contributed by atoms with van der Waals surface area (Å²) >= 11 is 1.57. The second kappa shape index (κ2) is 8.15. The lowest BCUT2D eigenvalue weighted by Gasteiger charge is -2.28. The van der Waals surface area contributed by atoms with Gasteiger partial charge in [0.2, 0.25) is 0 Å². The quantitative estimate of drug-likeness (QED) is 0.795. The van der Waals surface area contributed by atoms with Crippen LogP contribution in [-0.4, -0.2) is 34.7 Å². The maximum absolute atomic E-state index is 12.5. The molecular weight excluding hydrogens is 334 g/mol. The van der Waals surface area contributed by atoms with E-state index < -0.39 is 0 Å². The fourth-order valence-electron chi connectivity index (χ4n) is 3.61. The van der Waals surface area contributed by atoms with Crippen LogP contribution in [0.4, 0.5) is 0 Å². The van der Waals surface area contributed by atoms with Crippen LogP contribution in [0.1, 0.15) is 54.4 Å². The summed E-state index contributed by atoms with van der Waals surface area (Å²) < 4.78 is 8.00. The summed E-state index contributed by atoms with van der Waals surface area (Å²) in [5.41, 5.74) is 2.65. The lowest BCUT2D eigenvalue weighted by atomic mass is 9.88. The molecule has 2 heterocycles. The number of aryl methyl sites for hydroxylation is 1. The SMILES string of the molecule is Cc1cc(C(=O)NCCOC2CCCCC2C)c(C)n1-c1nccs1. The van der Waals surface area contributed by atoms with E-state index >= 15 is 0 Å². The standard InChI is InChI=1S/C19H27N3O2S/c1-13-6-4-5-7-17(13)24-10-8-20-18(23)16-12-14(2)22(15(16)3)19-21-9-11-25-19/h9,11-13,17H,4-8,10H2,1-3H3,(H,20,23). The van der Waals surface area contributed by atoms with Gasteiger partial charge in [-0.15, -0.1) is 11.3 Å². The number of hydrogen-bond acceptors (Lipinski definition) is 4. The summed E-state index contributed by atoms with van der Waals surface area (Å²) in [5.74, 6) is 0.581. The molecule has 1 N–H and O–H groups in total. The number of nitrogens with one attached hydrogen (secondary N) is 1. The van der Waals surface area contributed by atoms with E-state index in [1.807, 2.05) is 29.9 Å². The molecule has 6 heteroatoms. The summed E-state index contributed by atoms with van der Waals surface area (Å²) in [7, 11) is 0. The Kier molecular flexibility index (Phi) is 5.91. The van der Waals surface area contributed by atoms with Crippen LogP contribution in [0.15, 0.2) is 17.6 Å². The smallest absolute Gasteiger partial charge is 0.253 e. The van der Waals surface area contributed by atoms with Crippen LogP contribution in [0.5, 0.6) is 0 Å². The Bertz CT molecular complexity index is 709. The fraction of sp³-hybridized carbons (Fsp3) is 0.579. The summed E-state index contributed by atoms with van der Waals surface area (Å²) in [5, 5.41) is 5.82. The Labute approximate surface area is 153 Å². The monoisotopic (exact) mass is 361 g/mol. The third kappa shape index (κ3) is 4.12. The maximum Gasteiger partial charge on any atom is 0.253 e. The van der Waals surface area contributed by atoms with Gasteiger partial charge in [-0.25, -0.2) is 4.98 Å². The Hall–Kier alpha value is -1.66. The zero-order valence-electron chi connectivity index (χ0n) is 15.2. The summed E-state index contributed by atoms with van der Waals surface area (Å²) in [6.07, 6.45) is 7.09. The van der Waals surface area contributed by atoms with Crippen molar-refractivity contribution in [3.05, 3.63) is 34.6 Å². The van der Waals surface area contributed by atoms with Gasteiger partial charge in [0.05, 0.1) is 18.3 Å². The van der Waals surface area contributed by atoms with Crippen LogP contribution in [0.2, 0.25) is 0 Å². The van der Waals surface area contributed by atoms with E-state index in [1.165, 1.54) is 19.3 Å². The fourth-order valence-corrected chi connectivity index (χ4v) is 4.36. The number of amides is 1. The van der Waals surface area contributed by atoms with Crippen molar-refractivity contribution in [1.29, 1.82) is 0 Å². The Morgan fingerprint density at radius 1 is 1.40 bits per heavy atom. The highest BCUT2D eigenvalue weighted by Crippen LogP contribution is 2.26. The maximum atomic E-state index is 12.5. The summed E-state index contributed by atoms with van der Waals surface area (Å²) in [6, 6.07) is 1.93. The van der Waals surface area contributed by atoms with Gasteiger partial charge in [0.1, 0.15) is 0 Å². The van der Waals surface area contributed by atoms with E-state index in [9.17, 15) is 4.79 Å². The van der Waals surface area contributed by atoms with Gasteiger partial charge in [0.25, 0.3) is 5.91 Å². The molecule has 25 heavy (non-hydrogen) atoms. The molecule has 0 bridgehead atoms. The number of carbonyl (C=O) groups excluding carboxylic acids is 1. The average molecular weight is 362 g/mol. The highest BCUT2D eigenvalue weighted by atomic mass is 32.1. The van der Waals surface area contributed by atoms with Gasteiger partial charge in [-0.1, -0.05) is 19.8 Å². The van der Waals surface area contributed by atoms with Crippen LogP contribution < -0.4 is 5.32 Å². The number of ether oxygens (including phenoxy) is 1. The molecule has 1 aliphatic carbocycles. The summed E-state index contributed by atoms with van der Waals surface area (Å²) in [4.78, 5) is 16.9. The average Bonchev–Trinajstić information content (AvgIpc) is 3.21. The highest BCUT2D eigenvalue weighted by molar-refractivity contribution is 7.12. The molecule has 2 unspecified atom stereocenters. The van der Waals surface area contributed by atoms with Crippen LogP contribution in [0.25, 0.3) is 5.13 Å². The second-order valence-electron chi connectivity index (χ2n) is 6.86. The van der Waals surface area contributed by atoms with Crippen LogP contribution in [0, 0.1) is 19.8 Å². The molecular formula is C19H27N3O2S. The van der Waals surface area contributed by atoms with Gasteiger partial charge in [-0.05, 0) is 38.7 Å². The molecule has 0 radical (unpaired) electrons. The first kappa shape index (κ1) is 18.1.